The fourth-order valence-electron chi connectivity index (χ4n) is 2.94. The first-order valence-electron chi connectivity index (χ1n) is 8.75. The van der Waals surface area contributed by atoms with Crippen molar-refractivity contribution in [1.29, 1.82) is 0 Å². The van der Waals surface area contributed by atoms with Crippen molar-refractivity contribution in [2.24, 2.45) is 0 Å². The minimum Gasteiger partial charge on any atom is -0.507 e. The van der Waals surface area contributed by atoms with Crippen LogP contribution in [0.15, 0.2) is 72.9 Å². The predicted octanol–water partition coefficient (Wildman–Crippen LogP) is 5.32. The van der Waals surface area contributed by atoms with Gasteiger partial charge in [-0.2, -0.15) is 5.10 Å². The van der Waals surface area contributed by atoms with E-state index >= 15 is 0 Å². The molecule has 3 aromatic carbocycles. The summed E-state index contributed by atoms with van der Waals surface area (Å²) in [6, 6.07) is 17.5. The number of nitrogens with zero attached hydrogens (tertiary/aromatic N) is 2. The molecule has 7 heteroatoms. The number of hydrogen-bond acceptors (Lipinski definition) is 4. The molecule has 0 radical (unpaired) electrons. The number of para-hydroxylation sites is 1. The molecule has 29 heavy (non-hydrogen) atoms. The zero-order valence-electron chi connectivity index (χ0n) is 15.1. The number of aromatic hydroxyl groups is 2. The first-order valence-corrected chi connectivity index (χ1v) is 9.13. The molecule has 4 rings (SSSR count). The van der Waals surface area contributed by atoms with Crippen LogP contribution < -0.4 is 4.74 Å². The van der Waals surface area contributed by atoms with E-state index < -0.39 is 0 Å². The maximum atomic E-state index is 13.0. The van der Waals surface area contributed by atoms with Gasteiger partial charge in [0.25, 0.3) is 0 Å². The van der Waals surface area contributed by atoms with Gasteiger partial charge >= 0.3 is 0 Å². The van der Waals surface area contributed by atoms with Gasteiger partial charge in [-0.15, -0.1) is 0 Å². The zero-order valence-corrected chi connectivity index (χ0v) is 15.8. The Morgan fingerprint density at radius 1 is 0.966 bits per heavy atom. The zero-order chi connectivity index (χ0) is 20.4. The number of phenolic OH excluding ortho intramolecular Hbond substituents is 2. The van der Waals surface area contributed by atoms with Gasteiger partial charge in [-0.25, -0.2) is 9.07 Å². The van der Waals surface area contributed by atoms with Crippen LogP contribution >= 0.6 is 11.6 Å². The lowest BCUT2D eigenvalue weighted by molar-refractivity contribution is 0.288. The van der Waals surface area contributed by atoms with Gasteiger partial charge in [0, 0.05) is 11.6 Å². The van der Waals surface area contributed by atoms with Crippen molar-refractivity contribution in [2.75, 3.05) is 0 Å². The smallest absolute Gasteiger partial charge is 0.162 e. The van der Waals surface area contributed by atoms with Gasteiger partial charge in [0.2, 0.25) is 0 Å². The molecule has 4 aromatic rings. The summed E-state index contributed by atoms with van der Waals surface area (Å²) in [4.78, 5) is 0. The number of halogens is 2. The second-order valence-electron chi connectivity index (χ2n) is 6.33. The third-order valence-corrected chi connectivity index (χ3v) is 4.70. The second-order valence-corrected chi connectivity index (χ2v) is 6.74. The molecule has 0 saturated heterocycles. The highest BCUT2D eigenvalue weighted by Crippen LogP contribution is 2.40. The lowest BCUT2D eigenvalue weighted by atomic mass is 10.1. The van der Waals surface area contributed by atoms with E-state index in [9.17, 15) is 14.6 Å². The Bertz CT molecular complexity index is 1160. The molecular formula is C22H16ClFN2O3. The van der Waals surface area contributed by atoms with Gasteiger partial charge in [-0.05, 0) is 42.0 Å². The molecule has 146 valence electrons. The molecule has 1 aromatic heterocycles. The molecule has 0 aliphatic carbocycles. The molecule has 0 amide bonds. The number of hydrogen-bond donors (Lipinski definition) is 2. The standard InChI is InChI=1S/C22H16ClFN2O3/c23-17-3-1-2-4-19(17)26-18(9-10-25-26)16-11-22(21(28)12-20(16)27)29-13-14-5-7-15(24)8-6-14/h1-12,27-28H,13H2. The Hall–Kier alpha value is -3.51. The molecule has 0 atom stereocenters. The van der Waals surface area contributed by atoms with Gasteiger partial charge in [0.1, 0.15) is 18.2 Å². The van der Waals surface area contributed by atoms with E-state index in [-0.39, 0.29) is 29.7 Å². The summed E-state index contributed by atoms with van der Waals surface area (Å²) in [5, 5.41) is 25.4. The summed E-state index contributed by atoms with van der Waals surface area (Å²) in [6.07, 6.45) is 1.59. The molecule has 0 fully saturated rings. The van der Waals surface area contributed by atoms with E-state index in [4.69, 9.17) is 16.3 Å². The van der Waals surface area contributed by atoms with Crippen molar-refractivity contribution in [3.8, 4) is 34.2 Å². The van der Waals surface area contributed by atoms with Gasteiger partial charge in [0.15, 0.2) is 11.5 Å². The van der Waals surface area contributed by atoms with Crippen LogP contribution in [-0.4, -0.2) is 20.0 Å². The molecule has 0 unspecified atom stereocenters. The number of ether oxygens (including phenoxy) is 1. The normalized spacial score (nSPS) is 10.8. The van der Waals surface area contributed by atoms with Gasteiger partial charge < -0.3 is 14.9 Å². The van der Waals surface area contributed by atoms with E-state index in [0.29, 0.717) is 22.0 Å². The van der Waals surface area contributed by atoms with Crippen molar-refractivity contribution >= 4 is 11.6 Å². The van der Waals surface area contributed by atoms with E-state index in [1.807, 2.05) is 18.2 Å². The highest BCUT2D eigenvalue weighted by Gasteiger charge is 2.17. The third kappa shape index (κ3) is 3.88. The van der Waals surface area contributed by atoms with E-state index in [2.05, 4.69) is 5.10 Å². The first-order chi connectivity index (χ1) is 14.0. The number of benzene rings is 3. The molecule has 0 saturated carbocycles. The van der Waals surface area contributed by atoms with Crippen LogP contribution in [0.3, 0.4) is 0 Å². The monoisotopic (exact) mass is 410 g/mol. The van der Waals surface area contributed by atoms with Crippen molar-refractivity contribution in [3.63, 3.8) is 0 Å². The van der Waals surface area contributed by atoms with Crippen molar-refractivity contribution in [1.82, 2.24) is 9.78 Å². The Labute approximate surface area is 171 Å². The maximum Gasteiger partial charge on any atom is 0.162 e. The van der Waals surface area contributed by atoms with E-state index in [0.717, 1.165) is 5.56 Å². The third-order valence-electron chi connectivity index (χ3n) is 4.38. The average molecular weight is 411 g/mol. The molecule has 5 nitrogen and oxygen atoms in total. The quantitative estimate of drug-likeness (QED) is 0.467. The highest BCUT2D eigenvalue weighted by molar-refractivity contribution is 6.32. The SMILES string of the molecule is Oc1cc(O)c(-c2ccnn2-c2ccccc2Cl)cc1OCc1ccc(F)cc1. The van der Waals surface area contributed by atoms with Crippen molar-refractivity contribution in [3.05, 3.63) is 89.3 Å². The van der Waals surface area contributed by atoms with Crippen LogP contribution in [0.2, 0.25) is 5.02 Å². The molecule has 0 aliphatic heterocycles. The molecule has 0 spiro atoms. The summed E-state index contributed by atoms with van der Waals surface area (Å²) >= 11 is 6.29. The Balaban J connectivity index is 1.69. The summed E-state index contributed by atoms with van der Waals surface area (Å²) in [7, 11) is 0. The first kappa shape index (κ1) is 18.8. The van der Waals surface area contributed by atoms with Crippen LogP contribution in [0.1, 0.15) is 5.56 Å². The average Bonchev–Trinajstić information content (AvgIpc) is 3.18. The molecule has 2 N–H and O–H groups in total. The summed E-state index contributed by atoms with van der Waals surface area (Å²) < 4.78 is 20.3. The van der Waals surface area contributed by atoms with Gasteiger partial charge in [-0.1, -0.05) is 35.9 Å². The van der Waals surface area contributed by atoms with Gasteiger partial charge in [-0.3, -0.25) is 0 Å². The van der Waals surface area contributed by atoms with Crippen LogP contribution in [0.4, 0.5) is 4.39 Å². The van der Waals surface area contributed by atoms with Crippen LogP contribution in [0.25, 0.3) is 16.9 Å². The van der Waals surface area contributed by atoms with Crippen molar-refractivity contribution in [2.45, 2.75) is 6.61 Å². The van der Waals surface area contributed by atoms with Gasteiger partial charge in [0.05, 0.1) is 22.6 Å². The molecular weight excluding hydrogens is 395 g/mol. The molecule has 0 aliphatic rings. The number of phenols is 2. The molecule has 0 bridgehead atoms. The summed E-state index contributed by atoms with van der Waals surface area (Å²) in [5.74, 6) is -0.506. The summed E-state index contributed by atoms with van der Waals surface area (Å²) in [5.41, 5.74) is 2.37. The topological polar surface area (TPSA) is 67.5 Å². The maximum absolute atomic E-state index is 13.0. The highest BCUT2D eigenvalue weighted by atomic mass is 35.5. The second kappa shape index (κ2) is 7.85. The van der Waals surface area contributed by atoms with E-state index in [1.54, 1.807) is 35.1 Å². The minimum absolute atomic E-state index is 0.127. The van der Waals surface area contributed by atoms with E-state index in [1.165, 1.54) is 24.3 Å². The fourth-order valence-corrected chi connectivity index (χ4v) is 3.16. The molecule has 1 heterocycles. The Kier molecular flexibility index (Phi) is 5.10. The lowest BCUT2D eigenvalue weighted by Gasteiger charge is -2.14. The number of aromatic nitrogens is 2. The van der Waals surface area contributed by atoms with Crippen molar-refractivity contribution < 1.29 is 19.3 Å². The summed E-state index contributed by atoms with van der Waals surface area (Å²) in [6.45, 7) is 0.127. The minimum atomic E-state index is -0.337. The Morgan fingerprint density at radius 2 is 1.72 bits per heavy atom. The largest absolute Gasteiger partial charge is 0.507 e. The lowest BCUT2D eigenvalue weighted by Crippen LogP contribution is -2.01. The number of rotatable bonds is 5. The fraction of sp³-hybridized carbons (Fsp3) is 0.0455. The van der Waals surface area contributed by atoms with Crippen LogP contribution in [-0.2, 0) is 6.61 Å². The van der Waals surface area contributed by atoms with Crippen LogP contribution in [0.5, 0.6) is 17.2 Å². The predicted molar refractivity (Wildman–Crippen MR) is 108 cm³/mol. The Morgan fingerprint density at radius 3 is 2.48 bits per heavy atom. The van der Waals surface area contributed by atoms with Crippen LogP contribution in [0, 0.1) is 5.82 Å².